The third-order valence-electron chi connectivity index (χ3n) is 3.08. The summed E-state index contributed by atoms with van der Waals surface area (Å²) in [4.78, 5) is 17.4. The number of β-amino-alcohol motifs (C(OH)–C–C–N with tert-alkyl or cyclic N) is 1. The van der Waals surface area contributed by atoms with Crippen LogP contribution in [0.2, 0.25) is 0 Å². The lowest BCUT2D eigenvalue weighted by atomic mass is 10.1. The Morgan fingerprint density at radius 3 is 3.06 bits per heavy atom. The highest BCUT2D eigenvalue weighted by atomic mass is 16.3. The van der Waals surface area contributed by atoms with E-state index >= 15 is 0 Å². The molecule has 2 aromatic heterocycles. The largest absolute Gasteiger partial charge is 0.462 e. The number of furan rings is 1. The van der Waals surface area contributed by atoms with E-state index in [-0.39, 0.29) is 6.10 Å². The third-order valence-corrected chi connectivity index (χ3v) is 3.08. The number of hydrogen-bond donors (Lipinski definition) is 2. The summed E-state index contributed by atoms with van der Waals surface area (Å²) in [6, 6.07) is 1.85. The maximum Gasteiger partial charge on any atom is 0.254 e. The van der Waals surface area contributed by atoms with Crippen LogP contribution in [0.5, 0.6) is 0 Å². The average Bonchev–Trinajstić information content (AvgIpc) is 2.70. The molecule has 94 valence electrons. The van der Waals surface area contributed by atoms with Crippen LogP contribution in [0.1, 0.15) is 15.9 Å². The van der Waals surface area contributed by atoms with E-state index in [9.17, 15) is 9.90 Å². The van der Waals surface area contributed by atoms with Gasteiger partial charge in [-0.1, -0.05) is 0 Å². The summed E-state index contributed by atoms with van der Waals surface area (Å²) < 4.78 is 5.27. The molecule has 1 amide bonds. The highest BCUT2D eigenvalue weighted by Crippen LogP contribution is 2.21. The second-order valence-electron chi connectivity index (χ2n) is 4.55. The Morgan fingerprint density at radius 2 is 2.39 bits per heavy atom. The van der Waals surface area contributed by atoms with Gasteiger partial charge in [0.05, 0.1) is 6.10 Å². The van der Waals surface area contributed by atoms with Crippen molar-refractivity contribution in [2.45, 2.75) is 12.6 Å². The first kappa shape index (κ1) is 11.2. The van der Waals surface area contributed by atoms with Crippen molar-refractivity contribution in [3.8, 4) is 0 Å². The number of nitrogens with two attached hydrogens (primary N) is 1. The predicted octanol–water partition coefficient (Wildman–Crippen LogP) is 0.103. The molecule has 2 aromatic rings. The topological polar surface area (TPSA) is 92.6 Å². The van der Waals surface area contributed by atoms with Crippen LogP contribution in [0.3, 0.4) is 0 Å². The molecule has 6 nitrogen and oxygen atoms in total. The van der Waals surface area contributed by atoms with E-state index in [1.165, 1.54) is 6.26 Å². The van der Waals surface area contributed by atoms with Gasteiger partial charge in [-0.3, -0.25) is 14.7 Å². The summed E-state index contributed by atoms with van der Waals surface area (Å²) in [6.45, 7) is 2.08. The van der Waals surface area contributed by atoms with E-state index in [4.69, 9.17) is 10.2 Å². The van der Waals surface area contributed by atoms with Gasteiger partial charge in [-0.25, -0.2) is 0 Å². The SMILES string of the molecule is NC(=O)c1coc2cc(CN3CC(O)C3)cnc12. The Kier molecular flexibility index (Phi) is 2.53. The van der Waals surface area contributed by atoms with Gasteiger partial charge in [0.15, 0.2) is 5.58 Å². The summed E-state index contributed by atoms with van der Waals surface area (Å²) in [7, 11) is 0. The van der Waals surface area contributed by atoms with E-state index in [0.717, 1.165) is 5.56 Å². The fourth-order valence-electron chi connectivity index (χ4n) is 2.15. The molecule has 0 aliphatic carbocycles. The molecular weight excluding hydrogens is 234 g/mol. The monoisotopic (exact) mass is 247 g/mol. The number of primary amides is 1. The number of pyridine rings is 1. The summed E-state index contributed by atoms with van der Waals surface area (Å²) in [5, 5.41) is 9.21. The van der Waals surface area contributed by atoms with Crippen molar-refractivity contribution in [3.05, 3.63) is 29.7 Å². The Labute approximate surface area is 103 Å². The van der Waals surface area contributed by atoms with Gasteiger partial charge >= 0.3 is 0 Å². The van der Waals surface area contributed by atoms with Crippen LogP contribution >= 0.6 is 0 Å². The van der Waals surface area contributed by atoms with Gasteiger partial charge in [0, 0.05) is 25.8 Å². The van der Waals surface area contributed by atoms with Gasteiger partial charge in [0.1, 0.15) is 17.3 Å². The molecule has 3 heterocycles. The zero-order valence-corrected chi connectivity index (χ0v) is 9.67. The summed E-state index contributed by atoms with van der Waals surface area (Å²) >= 11 is 0. The molecule has 0 unspecified atom stereocenters. The molecule has 1 saturated heterocycles. The lowest BCUT2D eigenvalue weighted by Crippen LogP contribution is -2.49. The Balaban J connectivity index is 1.85. The fourth-order valence-corrected chi connectivity index (χ4v) is 2.15. The number of fused-ring (bicyclic) bond motifs is 1. The van der Waals surface area contributed by atoms with Crippen molar-refractivity contribution in [2.24, 2.45) is 5.73 Å². The minimum atomic E-state index is -0.542. The van der Waals surface area contributed by atoms with E-state index in [1.54, 1.807) is 6.20 Å². The maximum atomic E-state index is 11.1. The van der Waals surface area contributed by atoms with Gasteiger partial charge in [-0.15, -0.1) is 0 Å². The molecule has 1 aliphatic rings. The number of amides is 1. The molecule has 3 rings (SSSR count). The smallest absolute Gasteiger partial charge is 0.254 e. The van der Waals surface area contributed by atoms with Gasteiger partial charge in [0.2, 0.25) is 0 Å². The second-order valence-corrected chi connectivity index (χ2v) is 4.55. The van der Waals surface area contributed by atoms with E-state index in [0.29, 0.717) is 36.3 Å². The number of rotatable bonds is 3. The molecule has 6 heteroatoms. The van der Waals surface area contributed by atoms with E-state index < -0.39 is 5.91 Å². The normalized spacial score (nSPS) is 16.9. The Bertz CT molecular complexity index is 602. The standard InChI is InChI=1S/C12H13N3O3/c13-12(17)9-6-18-10-1-7(2-14-11(9)10)3-15-4-8(16)5-15/h1-2,6,8,16H,3-5H2,(H2,13,17). The van der Waals surface area contributed by atoms with Gasteiger partial charge in [0.25, 0.3) is 5.91 Å². The third kappa shape index (κ3) is 1.85. The number of nitrogens with zero attached hydrogens (tertiary/aromatic N) is 2. The first-order valence-corrected chi connectivity index (χ1v) is 5.70. The number of carbonyl (C=O) groups excluding carboxylic acids is 1. The summed E-state index contributed by atoms with van der Waals surface area (Å²) in [5.74, 6) is -0.542. The first-order chi connectivity index (χ1) is 8.63. The van der Waals surface area contributed by atoms with Crippen molar-refractivity contribution in [2.75, 3.05) is 13.1 Å². The lowest BCUT2D eigenvalue weighted by molar-refractivity contribution is -0.00290. The predicted molar refractivity (Wildman–Crippen MR) is 63.8 cm³/mol. The highest BCUT2D eigenvalue weighted by Gasteiger charge is 2.24. The Morgan fingerprint density at radius 1 is 1.61 bits per heavy atom. The maximum absolute atomic E-state index is 11.1. The first-order valence-electron chi connectivity index (χ1n) is 5.70. The highest BCUT2D eigenvalue weighted by molar-refractivity contribution is 6.03. The molecule has 18 heavy (non-hydrogen) atoms. The molecule has 1 aliphatic heterocycles. The molecule has 3 N–H and O–H groups in total. The minimum absolute atomic E-state index is 0.216. The van der Waals surface area contributed by atoms with Crippen LogP contribution < -0.4 is 5.73 Å². The van der Waals surface area contributed by atoms with Crippen LogP contribution in [0.25, 0.3) is 11.1 Å². The summed E-state index contributed by atoms with van der Waals surface area (Å²) in [5.41, 5.74) is 7.55. The Hall–Kier alpha value is -1.92. The van der Waals surface area contributed by atoms with Crippen LogP contribution in [-0.2, 0) is 6.54 Å². The molecule has 0 atom stereocenters. The number of aliphatic hydroxyl groups excluding tert-OH is 1. The lowest BCUT2D eigenvalue weighted by Gasteiger charge is -2.35. The van der Waals surface area contributed by atoms with Crippen molar-refractivity contribution in [3.63, 3.8) is 0 Å². The molecule has 0 saturated carbocycles. The number of aliphatic hydroxyl groups is 1. The van der Waals surface area contributed by atoms with E-state index in [2.05, 4.69) is 9.88 Å². The molecule has 1 fully saturated rings. The van der Waals surface area contributed by atoms with E-state index in [1.807, 2.05) is 6.07 Å². The molecule has 0 aromatic carbocycles. The van der Waals surface area contributed by atoms with Crippen LogP contribution in [0.4, 0.5) is 0 Å². The number of aromatic nitrogens is 1. The molecule has 0 radical (unpaired) electrons. The zero-order valence-electron chi connectivity index (χ0n) is 9.67. The number of likely N-dealkylation sites (tertiary alicyclic amines) is 1. The summed E-state index contributed by atoms with van der Waals surface area (Å²) in [6.07, 6.45) is 2.82. The van der Waals surface area contributed by atoms with Crippen molar-refractivity contribution in [1.82, 2.24) is 9.88 Å². The van der Waals surface area contributed by atoms with Gasteiger partial charge in [-0.05, 0) is 11.6 Å². The molecule has 0 bridgehead atoms. The number of hydrogen-bond acceptors (Lipinski definition) is 5. The van der Waals surface area contributed by atoms with Crippen molar-refractivity contribution >= 4 is 17.0 Å². The number of carbonyl (C=O) groups is 1. The minimum Gasteiger partial charge on any atom is -0.462 e. The quantitative estimate of drug-likeness (QED) is 0.802. The van der Waals surface area contributed by atoms with Crippen LogP contribution in [0.15, 0.2) is 22.9 Å². The zero-order chi connectivity index (χ0) is 12.7. The molecule has 0 spiro atoms. The van der Waals surface area contributed by atoms with Crippen molar-refractivity contribution < 1.29 is 14.3 Å². The second kappa shape index (κ2) is 4.08. The van der Waals surface area contributed by atoms with Gasteiger partial charge < -0.3 is 15.3 Å². The van der Waals surface area contributed by atoms with Crippen LogP contribution in [-0.4, -0.2) is 40.1 Å². The van der Waals surface area contributed by atoms with Gasteiger partial charge in [-0.2, -0.15) is 0 Å². The average molecular weight is 247 g/mol. The van der Waals surface area contributed by atoms with Crippen LogP contribution in [0, 0.1) is 0 Å². The van der Waals surface area contributed by atoms with Crippen molar-refractivity contribution in [1.29, 1.82) is 0 Å². The fraction of sp³-hybridized carbons (Fsp3) is 0.333. The molecular formula is C12H13N3O3.